The summed E-state index contributed by atoms with van der Waals surface area (Å²) in [6, 6.07) is 5.93. The number of rotatable bonds is 3. The number of carbonyl (C=O) groups excluding carboxylic acids is 1. The Morgan fingerprint density at radius 2 is 1.97 bits per heavy atom. The van der Waals surface area contributed by atoms with Crippen molar-refractivity contribution in [2.45, 2.75) is 37.9 Å². The van der Waals surface area contributed by atoms with Crippen molar-refractivity contribution in [1.29, 1.82) is 0 Å². The lowest BCUT2D eigenvalue weighted by Gasteiger charge is -2.35. The molecule has 1 saturated heterocycles. The molecule has 30 heavy (non-hydrogen) atoms. The summed E-state index contributed by atoms with van der Waals surface area (Å²) in [5, 5.41) is 5.87. The number of nitrogens with zero attached hydrogens (tertiary/aromatic N) is 3. The highest BCUT2D eigenvalue weighted by Gasteiger charge is 2.37. The summed E-state index contributed by atoms with van der Waals surface area (Å²) in [7, 11) is 0. The van der Waals surface area contributed by atoms with Crippen LogP contribution in [0.1, 0.15) is 42.1 Å². The van der Waals surface area contributed by atoms with Crippen LogP contribution in [-0.2, 0) is 17.4 Å². The first-order valence-corrected chi connectivity index (χ1v) is 9.49. The zero-order valence-corrected chi connectivity index (χ0v) is 15.8. The number of alkyl halides is 3. The molecule has 0 radical (unpaired) electrons. The Balaban J connectivity index is 1.69. The number of likely N-dealkylation sites (tertiary alicyclic amines) is 1. The van der Waals surface area contributed by atoms with Crippen molar-refractivity contribution in [3.8, 4) is 0 Å². The van der Waals surface area contributed by atoms with Gasteiger partial charge in [0.25, 0.3) is 0 Å². The monoisotopic (exact) mass is 421 g/mol. The normalized spacial score (nSPS) is 17.5. The van der Waals surface area contributed by atoms with Crippen LogP contribution in [0.2, 0.25) is 0 Å². The number of H-pyrrole nitrogens is 1. The molecule has 0 saturated carbocycles. The summed E-state index contributed by atoms with van der Waals surface area (Å²) in [5.74, 6) is -0.856. The van der Waals surface area contributed by atoms with Crippen molar-refractivity contribution in [2.75, 3.05) is 12.3 Å². The van der Waals surface area contributed by atoms with Gasteiger partial charge in [0.2, 0.25) is 5.91 Å². The SMILES string of the molecule is Nc1[nH]nc2nc(C3CCCCN3C(=O)Cc3ccc(F)cc3)cc(C(F)(F)F)c12. The summed E-state index contributed by atoms with van der Waals surface area (Å²) < 4.78 is 54.1. The minimum atomic E-state index is -4.65. The van der Waals surface area contributed by atoms with Gasteiger partial charge in [0, 0.05) is 6.54 Å². The summed E-state index contributed by atoms with van der Waals surface area (Å²) in [4.78, 5) is 18.8. The minimum absolute atomic E-state index is 0.0283. The van der Waals surface area contributed by atoms with Gasteiger partial charge in [0.1, 0.15) is 11.6 Å². The lowest BCUT2D eigenvalue weighted by Crippen LogP contribution is -2.39. The van der Waals surface area contributed by atoms with Crippen LogP contribution in [0.15, 0.2) is 30.3 Å². The van der Waals surface area contributed by atoms with E-state index in [0.717, 1.165) is 18.9 Å². The van der Waals surface area contributed by atoms with Gasteiger partial charge in [0.05, 0.1) is 29.1 Å². The molecule has 3 aromatic rings. The fraction of sp³-hybridized carbons (Fsp3) is 0.350. The van der Waals surface area contributed by atoms with Gasteiger partial charge in [-0.15, -0.1) is 0 Å². The Kier molecular flexibility index (Phi) is 5.08. The number of amides is 1. The van der Waals surface area contributed by atoms with E-state index in [4.69, 9.17) is 5.73 Å². The number of halogens is 4. The topological polar surface area (TPSA) is 87.9 Å². The van der Waals surface area contributed by atoms with Crippen LogP contribution >= 0.6 is 0 Å². The van der Waals surface area contributed by atoms with E-state index in [1.165, 1.54) is 24.3 Å². The van der Waals surface area contributed by atoms with Gasteiger partial charge in [-0.25, -0.2) is 9.37 Å². The molecule has 1 unspecified atom stereocenters. The number of nitrogen functional groups attached to an aromatic ring is 1. The molecule has 2 aromatic heterocycles. The molecule has 0 spiro atoms. The van der Waals surface area contributed by atoms with E-state index in [1.807, 2.05) is 0 Å². The van der Waals surface area contributed by atoms with E-state index in [9.17, 15) is 22.4 Å². The molecule has 0 bridgehead atoms. The van der Waals surface area contributed by atoms with Crippen LogP contribution < -0.4 is 5.73 Å². The predicted octanol–water partition coefficient (Wildman–Crippen LogP) is 3.99. The maximum absolute atomic E-state index is 13.7. The van der Waals surface area contributed by atoms with Crippen molar-refractivity contribution >= 4 is 22.8 Å². The maximum Gasteiger partial charge on any atom is 0.417 e. The number of hydrogen-bond donors (Lipinski definition) is 2. The number of fused-ring (bicyclic) bond motifs is 1. The first-order valence-electron chi connectivity index (χ1n) is 9.49. The Morgan fingerprint density at radius 3 is 2.67 bits per heavy atom. The second-order valence-electron chi connectivity index (χ2n) is 7.33. The minimum Gasteiger partial charge on any atom is -0.383 e. The third-order valence-corrected chi connectivity index (χ3v) is 5.31. The van der Waals surface area contributed by atoms with Crippen molar-refractivity contribution in [2.24, 2.45) is 0 Å². The van der Waals surface area contributed by atoms with E-state index in [-0.39, 0.29) is 34.9 Å². The van der Waals surface area contributed by atoms with Crippen molar-refractivity contribution in [3.63, 3.8) is 0 Å². The van der Waals surface area contributed by atoms with Gasteiger partial charge < -0.3 is 10.6 Å². The molecule has 1 atom stereocenters. The average Bonchev–Trinajstić information content (AvgIpc) is 3.09. The molecule has 1 aliphatic heterocycles. The molecule has 158 valence electrons. The number of pyridine rings is 1. The van der Waals surface area contributed by atoms with Crippen LogP contribution in [0.3, 0.4) is 0 Å². The molecule has 3 heterocycles. The standard InChI is InChI=1S/C20H19F4N5O/c21-12-6-4-11(5-7-12)9-16(30)29-8-2-1-3-15(29)14-10-13(20(22,23)24)17-18(25)27-28-19(17)26-14/h4-7,10,15H,1-3,8-9H2,(H3,25,26,27,28). The van der Waals surface area contributed by atoms with Gasteiger partial charge in [-0.1, -0.05) is 12.1 Å². The molecule has 1 aliphatic rings. The van der Waals surface area contributed by atoms with Crippen LogP contribution in [0.4, 0.5) is 23.4 Å². The van der Waals surface area contributed by atoms with Gasteiger partial charge in [0.15, 0.2) is 5.65 Å². The van der Waals surface area contributed by atoms with Crippen LogP contribution in [0.5, 0.6) is 0 Å². The molecule has 0 aliphatic carbocycles. The summed E-state index contributed by atoms with van der Waals surface area (Å²) in [6.45, 7) is 0.411. The van der Waals surface area contributed by atoms with Crippen LogP contribution in [0.25, 0.3) is 11.0 Å². The van der Waals surface area contributed by atoms with Crippen LogP contribution in [0, 0.1) is 5.82 Å². The summed E-state index contributed by atoms with van der Waals surface area (Å²) in [6.07, 6.45) is -2.62. The number of hydrogen-bond acceptors (Lipinski definition) is 4. The number of benzene rings is 1. The second kappa shape index (κ2) is 7.58. The number of aromatic amines is 1. The lowest BCUT2D eigenvalue weighted by molar-refractivity contribution is -0.136. The predicted molar refractivity (Wildman–Crippen MR) is 102 cm³/mol. The Morgan fingerprint density at radius 1 is 1.23 bits per heavy atom. The lowest BCUT2D eigenvalue weighted by atomic mass is 9.96. The van der Waals surface area contributed by atoms with Gasteiger partial charge in [-0.3, -0.25) is 9.89 Å². The quantitative estimate of drug-likeness (QED) is 0.626. The van der Waals surface area contributed by atoms with Gasteiger partial charge in [-0.2, -0.15) is 18.3 Å². The molecule has 3 N–H and O–H groups in total. The molecular formula is C20H19F4N5O. The molecular weight excluding hydrogens is 402 g/mol. The summed E-state index contributed by atoms with van der Waals surface area (Å²) >= 11 is 0. The fourth-order valence-corrected chi connectivity index (χ4v) is 3.88. The van der Waals surface area contributed by atoms with Gasteiger partial charge in [-0.05, 0) is 43.0 Å². The average molecular weight is 421 g/mol. The smallest absolute Gasteiger partial charge is 0.383 e. The van der Waals surface area contributed by atoms with Crippen molar-refractivity contribution in [1.82, 2.24) is 20.1 Å². The van der Waals surface area contributed by atoms with E-state index in [0.29, 0.717) is 18.5 Å². The van der Waals surface area contributed by atoms with E-state index < -0.39 is 23.6 Å². The van der Waals surface area contributed by atoms with E-state index in [1.54, 1.807) is 4.90 Å². The molecule has 1 fully saturated rings. The largest absolute Gasteiger partial charge is 0.417 e. The third kappa shape index (κ3) is 3.81. The molecule has 6 nitrogen and oxygen atoms in total. The Labute approximate surface area is 169 Å². The van der Waals surface area contributed by atoms with E-state index in [2.05, 4.69) is 15.2 Å². The highest BCUT2D eigenvalue weighted by molar-refractivity contribution is 5.90. The number of nitrogens with two attached hydrogens (primary N) is 1. The second-order valence-corrected chi connectivity index (χ2v) is 7.33. The van der Waals surface area contributed by atoms with Gasteiger partial charge >= 0.3 is 6.18 Å². The molecule has 1 aromatic carbocycles. The first kappa shape index (κ1) is 20.1. The molecule has 10 heteroatoms. The summed E-state index contributed by atoms with van der Waals surface area (Å²) in [5.41, 5.74) is 5.33. The zero-order chi connectivity index (χ0) is 21.5. The van der Waals surface area contributed by atoms with Crippen molar-refractivity contribution in [3.05, 3.63) is 53.0 Å². The highest BCUT2D eigenvalue weighted by Crippen LogP contribution is 2.39. The number of anilines is 1. The molecule has 1 amide bonds. The number of nitrogens with one attached hydrogen (secondary N) is 1. The first-order chi connectivity index (χ1) is 14.2. The number of carbonyl (C=O) groups is 1. The number of aromatic nitrogens is 3. The van der Waals surface area contributed by atoms with Crippen molar-refractivity contribution < 1.29 is 22.4 Å². The fourth-order valence-electron chi connectivity index (χ4n) is 3.88. The number of piperidine rings is 1. The molecule has 4 rings (SSSR count). The van der Waals surface area contributed by atoms with Crippen LogP contribution in [-0.4, -0.2) is 32.5 Å². The Hall–Kier alpha value is -3.17. The maximum atomic E-state index is 13.7. The zero-order valence-electron chi connectivity index (χ0n) is 15.8. The van der Waals surface area contributed by atoms with E-state index >= 15 is 0 Å². The third-order valence-electron chi connectivity index (χ3n) is 5.31. The highest BCUT2D eigenvalue weighted by atomic mass is 19.4. The Bertz CT molecular complexity index is 1080.